The number of hydrogen-bond donors (Lipinski definition) is 3. The Kier molecular flexibility index (Phi) is 33.2. The molecule has 1 aromatic carbocycles. The van der Waals surface area contributed by atoms with Gasteiger partial charge in [0.1, 0.15) is 11.3 Å². The summed E-state index contributed by atoms with van der Waals surface area (Å²) in [7, 11) is 2.00. The first kappa shape index (κ1) is 49.3. The van der Waals surface area contributed by atoms with Crippen molar-refractivity contribution in [3.05, 3.63) is 97.0 Å². The van der Waals surface area contributed by atoms with Crippen molar-refractivity contribution in [2.24, 2.45) is 0 Å². The van der Waals surface area contributed by atoms with Gasteiger partial charge in [0, 0.05) is 42.1 Å². The molecule has 0 unspecified atom stereocenters. The van der Waals surface area contributed by atoms with E-state index in [2.05, 4.69) is 17.1 Å². The SMILES string of the molecule is CO.CO.Oc1c(C(F)(F)F)cnc2cccc(C(F)(F)F)c12.[C-]1=CC=CC1.[CH3-].[CH3-].[CH3-].[CH3-].[CH3-].[Ti]. The Morgan fingerprint density at radius 1 is 0.824 bits per heavy atom. The van der Waals surface area contributed by atoms with E-state index in [1.165, 1.54) is 0 Å². The van der Waals surface area contributed by atoms with Gasteiger partial charge in [-0.15, -0.1) is 6.42 Å². The third-order valence-corrected chi connectivity index (χ3v) is 3.06. The molecule has 3 N–H and O–H groups in total. The van der Waals surface area contributed by atoms with Crippen molar-refractivity contribution in [3.8, 4) is 5.75 Å². The number of pyridine rings is 1. The summed E-state index contributed by atoms with van der Waals surface area (Å²) in [6.45, 7) is 0. The minimum atomic E-state index is -4.98. The smallest absolute Gasteiger partial charge is 0.421 e. The van der Waals surface area contributed by atoms with Crippen LogP contribution in [0.15, 0.2) is 42.6 Å². The third-order valence-electron chi connectivity index (χ3n) is 3.06. The number of hydrogen-bond acceptors (Lipinski definition) is 4. The summed E-state index contributed by atoms with van der Waals surface area (Å²) in [5.74, 6) is -1.47. The van der Waals surface area contributed by atoms with Crippen LogP contribution in [-0.2, 0) is 34.1 Å². The molecule has 11 heteroatoms. The Balaban J connectivity index is -0.0000000847. The maximum Gasteiger partial charge on any atom is 0.421 e. The van der Waals surface area contributed by atoms with Crippen LogP contribution in [0.25, 0.3) is 10.9 Å². The Morgan fingerprint density at radius 3 is 1.62 bits per heavy atom. The van der Waals surface area contributed by atoms with E-state index in [1.807, 2.05) is 12.2 Å². The van der Waals surface area contributed by atoms with Crippen molar-refractivity contribution in [1.82, 2.24) is 4.98 Å². The van der Waals surface area contributed by atoms with Crippen LogP contribution in [0.3, 0.4) is 0 Å². The number of benzene rings is 1. The molecule has 3 rings (SSSR count). The predicted molar refractivity (Wildman–Crippen MR) is 123 cm³/mol. The number of alkyl halides is 6. The number of fused-ring (bicyclic) bond motifs is 1. The van der Waals surface area contributed by atoms with Crippen molar-refractivity contribution in [3.63, 3.8) is 0 Å². The predicted octanol–water partition coefficient (Wildman–Crippen LogP) is 6.75. The topological polar surface area (TPSA) is 73.6 Å². The molecule has 1 aromatic heterocycles. The molecule has 200 valence electrons. The molecule has 0 atom stereocenters. The zero-order valence-electron chi connectivity index (χ0n) is 20.3. The molecule has 0 aliphatic heterocycles. The molecule has 0 fully saturated rings. The molecule has 0 radical (unpaired) electrons. The summed E-state index contributed by atoms with van der Waals surface area (Å²) in [4.78, 5) is 3.30. The van der Waals surface area contributed by atoms with Crippen LogP contribution >= 0.6 is 0 Å². The second-order valence-electron chi connectivity index (χ2n) is 4.72. The normalized spacial score (nSPS) is 10.2. The summed E-state index contributed by atoms with van der Waals surface area (Å²) in [5, 5.41) is 22.5. The van der Waals surface area contributed by atoms with Gasteiger partial charge in [0.05, 0.1) is 16.5 Å². The quantitative estimate of drug-likeness (QED) is 0.199. The van der Waals surface area contributed by atoms with Crippen molar-refractivity contribution < 1.29 is 63.4 Å². The van der Waals surface area contributed by atoms with E-state index in [1.54, 1.807) is 0 Å². The number of rotatable bonds is 0. The van der Waals surface area contributed by atoms with E-state index in [0.29, 0.717) is 12.3 Å². The number of allylic oxidation sites excluding steroid dienone is 4. The molecule has 1 aliphatic carbocycles. The van der Waals surface area contributed by atoms with E-state index in [-0.39, 0.29) is 64.4 Å². The van der Waals surface area contributed by atoms with Crippen LogP contribution in [0.1, 0.15) is 17.5 Å². The molecule has 1 heterocycles. The number of aliphatic hydroxyl groups excluding tert-OH is 2. The van der Waals surface area contributed by atoms with Crippen LogP contribution in [0.2, 0.25) is 0 Å². The summed E-state index contributed by atoms with van der Waals surface area (Å²) < 4.78 is 75.7. The molecule has 0 saturated heterocycles. The van der Waals surface area contributed by atoms with Crippen molar-refractivity contribution in [1.29, 1.82) is 0 Å². The number of nitrogens with zero attached hydrogens (tertiary/aromatic N) is 1. The first-order valence-electron chi connectivity index (χ1n) is 7.48. The standard InChI is InChI=1S/C11H5F6NO.C5H5.2CH4O.5CH3.Ti/c12-10(13,14)5-2-1-3-7-8(5)9(19)6(4-18-7)11(15,16)17;1-2-4-5-3-1;2*1-2;;;;;;/h1-4H,(H,18,19);1-3H,4H2;2*2H,1H3;5*1H3;/q;-1;;;5*-1;. The van der Waals surface area contributed by atoms with Gasteiger partial charge in [0.25, 0.3) is 0 Å². The van der Waals surface area contributed by atoms with E-state index in [4.69, 9.17) is 10.2 Å². The number of aromatic nitrogens is 1. The molecular weight excluding hydrogens is 500 g/mol. The van der Waals surface area contributed by atoms with Crippen molar-refractivity contribution >= 4 is 10.9 Å². The zero-order chi connectivity index (χ0) is 22.0. The van der Waals surface area contributed by atoms with Gasteiger partial charge < -0.3 is 52.5 Å². The molecule has 0 amide bonds. The minimum absolute atomic E-state index is 0. The monoisotopic (exact) mass is 533 g/mol. The van der Waals surface area contributed by atoms with E-state index in [9.17, 15) is 31.4 Å². The van der Waals surface area contributed by atoms with Crippen LogP contribution in [0.4, 0.5) is 26.3 Å². The van der Waals surface area contributed by atoms with Crippen LogP contribution < -0.4 is 0 Å². The number of aromatic hydroxyl groups is 1. The fourth-order valence-corrected chi connectivity index (χ4v) is 2.01. The average molecular weight is 533 g/mol. The second-order valence-corrected chi connectivity index (χ2v) is 4.72. The molecule has 34 heavy (non-hydrogen) atoms. The first-order valence-corrected chi connectivity index (χ1v) is 7.48. The molecular formula is C23H33F6NO3Ti-6. The summed E-state index contributed by atoms with van der Waals surface area (Å²) in [5.41, 5.74) is -3.32. The van der Waals surface area contributed by atoms with Gasteiger partial charge in [-0.05, 0) is 12.1 Å². The Hall–Kier alpha value is -1.88. The van der Waals surface area contributed by atoms with Gasteiger partial charge in [-0.1, -0.05) is 6.07 Å². The van der Waals surface area contributed by atoms with Crippen LogP contribution in [0.5, 0.6) is 5.75 Å². The summed E-state index contributed by atoms with van der Waals surface area (Å²) >= 11 is 0. The molecule has 0 bridgehead atoms. The number of halogens is 6. The van der Waals surface area contributed by atoms with Crippen molar-refractivity contribution in [2.45, 2.75) is 18.8 Å². The van der Waals surface area contributed by atoms with Gasteiger partial charge >= 0.3 is 12.4 Å². The van der Waals surface area contributed by atoms with Gasteiger partial charge in [-0.3, -0.25) is 11.1 Å². The molecule has 0 saturated carbocycles. The summed E-state index contributed by atoms with van der Waals surface area (Å²) in [6, 6.07) is 2.68. The fraction of sp³-hybridized carbons (Fsp3) is 0.217. The van der Waals surface area contributed by atoms with Gasteiger partial charge in [0.2, 0.25) is 0 Å². The largest absolute Gasteiger partial charge is 0.507 e. The van der Waals surface area contributed by atoms with E-state index in [0.717, 1.165) is 32.8 Å². The van der Waals surface area contributed by atoms with Crippen molar-refractivity contribution in [2.75, 3.05) is 14.2 Å². The fourth-order valence-electron chi connectivity index (χ4n) is 2.01. The zero-order valence-corrected chi connectivity index (χ0v) is 21.9. The van der Waals surface area contributed by atoms with Gasteiger partial charge in [-0.2, -0.15) is 32.4 Å². The van der Waals surface area contributed by atoms with E-state index >= 15 is 0 Å². The van der Waals surface area contributed by atoms with Crippen LogP contribution in [0, 0.1) is 43.2 Å². The first-order chi connectivity index (χ1) is 13.1. The molecule has 4 nitrogen and oxygen atoms in total. The maximum atomic E-state index is 12.7. The Labute approximate surface area is 214 Å². The average Bonchev–Trinajstić information content (AvgIpc) is 3.23. The third kappa shape index (κ3) is 14.4. The minimum Gasteiger partial charge on any atom is -0.507 e. The summed E-state index contributed by atoms with van der Waals surface area (Å²) in [6.07, 6.45) is 0.435. The number of aliphatic hydroxyl groups is 2. The maximum absolute atomic E-state index is 12.7. The van der Waals surface area contributed by atoms with Gasteiger partial charge in [0.15, 0.2) is 0 Å². The second kappa shape index (κ2) is 22.9. The van der Waals surface area contributed by atoms with E-state index < -0.39 is 34.6 Å². The Bertz CT molecular complexity index is 798. The van der Waals surface area contributed by atoms with Crippen LogP contribution in [-0.4, -0.2) is 34.5 Å². The van der Waals surface area contributed by atoms with Gasteiger partial charge in [-0.25, -0.2) is 12.2 Å². The Morgan fingerprint density at radius 2 is 1.29 bits per heavy atom. The molecule has 1 aliphatic rings. The molecule has 0 spiro atoms. The molecule has 2 aromatic rings.